The number of benzene rings is 2. The molecule has 0 bridgehead atoms. The highest BCUT2D eigenvalue weighted by atomic mass is 32.2. The summed E-state index contributed by atoms with van der Waals surface area (Å²) in [5.74, 6) is 1.14. The third kappa shape index (κ3) is 4.90. The number of rotatable bonds is 6. The lowest BCUT2D eigenvalue weighted by Gasteiger charge is -2.30. The van der Waals surface area contributed by atoms with E-state index in [1.165, 1.54) is 35.7 Å². The lowest BCUT2D eigenvalue weighted by Crippen LogP contribution is -2.36. The number of aromatic nitrogens is 2. The van der Waals surface area contributed by atoms with Gasteiger partial charge in [0.2, 0.25) is 0 Å². The number of esters is 1. The van der Waals surface area contributed by atoms with Crippen LogP contribution in [0, 0.1) is 12.8 Å². The number of ether oxygens (including phenoxy) is 1. The molecule has 0 aliphatic heterocycles. The molecule has 0 saturated heterocycles. The van der Waals surface area contributed by atoms with Crippen molar-refractivity contribution >= 4 is 23.4 Å². The third-order valence-corrected chi connectivity index (χ3v) is 8.07. The number of fused-ring (bicyclic) bond motifs is 1. The molecule has 0 spiro atoms. The Hall–Kier alpha value is -2.79. The molecule has 1 atom stereocenters. The molecule has 1 unspecified atom stereocenters. The molecule has 0 N–H and O–H groups in total. The van der Waals surface area contributed by atoms with Gasteiger partial charge in [-0.15, -0.1) is 0 Å². The molecule has 3 aromatic rings. The van der Waals surface area contributed by atoms with Crippen LogP contribution in [0.3, 0.4) is 0 Å². The van der Waals surface area contributed by atoms with Gasteiger partial charge in [0.15, 0.2) is 5.16 Å². The quantitative estimate of drug-likeness (QED) is 0.255. The molecular formula is C31H36N2O2S. The van der Waals surface area contributed by atoms with Crippen LogP contribution in [0.1, 0.15) is 76.6 Å². The first-order chi connectivity index (χ1) is 17.0. The normalized spacial score (nSPS) is 17.9. The van der Waals surface area contributed by atoms with Gasteiger partial charge in [0.05, 0.1) is 17.1 Å². The molecule has 1 fully saturated rings. The van der Waals surface area contributed by atoms with Crippen molar-refractivity contribution in [2.24, 2.45) is 5.92 Å². The minimum atomic E-state index is -0.803. The highest BCUT2D eigenvalue weighted by molar-refractivity contribution is 8.01. The number of carbonyl (C=O) groups is 1. The van der Waals surface area contributed by atoms with Crippen molar-refractivity contribution in [3.63, 3.8) is 0 Å². The van der Waals surface area contributed by atoms with Crippen LogP contribution in [0.25, 0.3) is 17.0 Å². The molecule has 0 radical (unpaired) electrons. The van der Waals surface area contributed by atoms with E-state index in [1.54, 1.807) is 0 Å². The van der Waals surface area contributed by atoms with Gasteiger partial charge in [0, 0.05) is 11.1 Å². The predicted octanol–water partition coefficient (Wildman–Crippen LogP) is 7.86. The molecule has 2 aliphatic carbocycles. The van der Waals surface area contributed by atoms with Crippen LogP contribution < -0.4 is 0 Å². The molecule has 5 rings (SSSR count). The van der Waals surface area contributed by atoms with E-state index in [9.17, 15) is 4.79 Å². The molecular weight excluding hydrogens is 464 g/mol. The van der Waals surface area contributed by atoms with Crippen LogP contribution in [0.5, 0.6) is 0 Å². The number of thioether (sulfide) groups is 1. The first-order valence-electron chi connectivity index (χ1n) is 12.9. The van der Waals surface area contributed by atoms with Crippen molar-refractivity contribution in [1.82, 2.24) is 9.55 Å². The Balaban J connectivity index is 1.64. The van der Waals surface area contributed by atoms with E-state index in [0.29, 0.717) is 5.92 Å². The van der Waals surface area contributed by atoms with Crippen LogP contribution in [-0.2, 0) is 9.53 Å². The fourth-order valence-corrected chi connectivity index (χ4v) is 6.13. The van der Waals surface area contributed by atoms with Crippen molar-refractivity contribution in [1.29, 1.82) is 0 Å². The van der Waals surface area contributed by atoms with Crippen LogP contribution >= 0.6 is 11.8 Å². The van der Waals surface area contributed by atoms with Crippen molar-refractivity contribution in [3.05, 3.63) is 77.5 Å². The molecule has 0 amide bonds. The summed E-state index contributed by atoms with van der Waals surface area (Å²) in [5.41, 5.74) is 6.46. The van der Waals surface area contributed by atoms with Gasteiger partial charge in [-0.1, -0.05) is 72.4 Å². The first kappa shape index (κ1) is 24.9. The summed E-state index contributed by atoms with van der Waals surface area (Å²) in [7, 11) is 0. The number of hydrogen-bond acceptors (Lipinski definition) is 4. The molecule has 4 nitrogen and oxygen atoms in total. The first-order valence-corrected chi connectivity index (χ1v) is 13.7. The average Bonchev–Trinajstić information content (AvgIpc) is 3.61. The van der Waals surface area contributed by atoms with E-state index >= 15 is 0 Å². The zero-order valence-corrected chi connectivity index (χ0v) is 23.0. The zero-order valence-electron chi connectivity index (χ0n) is 22.2. The Morgan fingerprint density at radius 1 is 1.00 bits per heavy atom. The predicted molar refractivity (Wildman–Crippen MR) is 148 cm³/mol. The lowest BCUT2D eigenvalue weighted by molar-refractivity contribution is -0.156. The SMILES string of the molecule is Cc1nc(SC(C)(C)C(=O)OC(C)(C)C)n(C2=CCC(C3CC3)c3ccccc32)c1-c1ccccc1. The molecule has 2 aromatic carbocycles. The minimum Gasteiger partial charge on any atom is -0.459 e. The Morgan fingerprint density at radius 3 is 2.33 bits per heavy atom. The molecule has 188 valence electrons. The van der Waals surface area contributed by atoms with Crippen molar-refractivity contribution in [3.8, 4) is 11.3 Å². The Labute approximate surface area is 219 Å². The van der Waals surface area contributed by atoms with E-state index in [2.05, 4.69) is 66.1 Å². The van der Waals surface area contributed by atoms with Gasteiger partial charge < -0.3 is 4.74 Å². The number of nitrogens with zero attached hydrogens (tertiary/aromatic N) is 2. The summed E-state index contributed by atoms with van der Waals surface area (Å²) < 4.78 is 7.25. The monoisotopic (exact) mass is 500 g/mol. The van der Waals surface area contributed by atoms with E-state index in [0.717, 1.165) is 40.1 Å². The number of carbonyl (C=O) groups excluding carboxylic acids is 1. The summed E-state index contributed by atoms with van der Waals surface area (Å²) >= 11 is 1.48. The van der Waals surface area contributed by atoms with Crippen molar-refractivity contribution in [2.75, 3.05) is 0 Å². The van der Waals surface area contributed by atoms with Gasteiger partial charge >= 0.3 is 5.97 Å². The molecule has 1 heterocycles. The molecule has 1 aromatic heterocycles. The Bertz CT molecular complexity index is 1310. The zero-order chi connectivity index (χ0) is 25.7. The second-order valence-electron chi connectivity index (χ2n) is 11.5. The second kappa shape index (κ2) is 9.26. The fraction of sp³-hybridized carbons (Fsp3) is 0.419. The highest BCUT2D eigenvalue weighted by Gasteiger charge is 2.38. The van der Waals surface area contributed by atoms with Gasteiger partial charge in [-0.05, 0) is 78.2 Å². The number of allylic oxidation sites excluding steroid dienone is 1. The number of aryl methyl sites for hydroxylation is 1. The topological polar surface area (TPSA) is 44.1 Å². The molecule has 36 heavy (non-hydrogen) atoms. The van der Waals surface area contributed by atoms with E-state index in [4.69, 9.17) is 9.72 Å². The molecule has 1 saturated carbocycles. The minimum absolute atomic E-state index is 0.236. The van der Waals surface area contributed by atoms with Gasteiger partial charge in [0.1, 0.15) is 10.3 Å². The maximum absolute atomic E-state index is 13.2. The van der Waals surface area contributed by atoms with E-state index < -0.39 is 10.3 Å². The largest absolute Gasteiger partial charge is 0.459 e. The summed E-state index contributed by atoms with van der Waals surface area (Å²) in [6, 6.07) is 19.3. The maximum Gasteiger partial charge on any atom is 0.322 e. The maximum atomic E-state index is 13.2. The van der Waals surface area contributed by atoms with Gasteiger partial charge in [0.25, 0.3) is 0 Å². The fourth-order valence-electron chi connectivity index (χ4n) is 5.09. The van der Waals surface area contributed by atoms with Gasteiger partial charge in [-0.2, -0.15) is 0 Å². The summed E-state index contributed by atoms with van der Waals surface area (Å²) in [5, 5.41) is 0.813. The molecule has 2 aliphatic rings. The van der Waals surface area contributed by atoms with Gasteiger partial charge in [-0.25, -0.2) is 4.98 Å². The summed E-state index contributed by atoms with van der Waals surface area (Å²) in [6.07, 6.45) is 6.07. The lowest BCUT2D eigenvalue weighted by atomic mass is 9.82. The number of hydrogen-bond donors (Lipinski definition) is 0. The second-order valence-corrected chi connectivity index (χ2v) is 13.1. The van der Waals surface area contributed by atoms with Crippen molar-refractivity contribution in [2.45, 2.75) is 82.2 Å². The summed E-state index contributed by atoms with van der Waals surface area (Å²) in [4.78, 5) is 18.2. The number of imidazole rings is 1. The smallest absolute Gasteiger partial charge is 0.322 e. The van der Waals surface area contributed by atoms with Gasteiger partial charge in [-0.3, -0.25) is 9.36 Å². The van der Waals surface area contributed by atoms with E-state index in [-0.39, 0.29) is 5.97 Å². The average molecular weight is 501 g/mol. The van der Waals surface area contributed by atoms with Crippen LogP contribution in [-0.4, -0.2) is 25.9 Å². The van der Waals surface area contributed by atoms with Crippen molar-refractivity contribution < 1.29 is 9.53 Å². The van der Waals surface area contributed by atoms with Crippen LogP contribution in [0.15, 0.2) is 65.8 Å². The standard InChI is InChI=1S/C31H36N2O2S/c1-20-27(22-12-8-7-9-13-22)33(29(32-20)36-31(5,6)28(34)35-30(2,3)4)26-19-18-23(21-16-17-21)24-14-10-11-15-25(24)26/h7-15,19,21,23H,16-18H2,1-6H3. The highest BCUT2D eigenvalue weighted by Crippen LogP contribution is 2.50. The molecule has 5 heteroatoms. The van der Waals surface area contributed by atoms with Crippen LogP contribution in [0.2, 0.25) is 0 Å². The van der Waals surface area contributed by atoms with Crippen LogP contribution in [0.4, 0.5) is 0 Å². The Morgan fingerprint density at radius 2 is 1.67 bits per heavy atom. The van der Waals surface area contributed by atoms with E-state index in [1.807, 2.05) is 40.7 Å². The third-order valence-electron chi connectivity index (χ3n) is 6.94. The Kier molecular flexibility index (Phi) is 6.40. The summed E-state index contributed by atoms with van der Waals surface area (Å²) in [6.45, 7) is 11.6.